The van der Waals surface area contributed by atoms with E-state index in [2.05, 4.69) is 10.0 Å². The molecule has 0 aromatic heterocycles. The van der Waals surface area contributed by atoms with Gasteiger partial charge in [-0.2, -0.15) is 0 Å². The summed E-state index contributed by atoms with van der Waals surface area (Å²) in [6.07, 6.45) is 0.503. The van der Waals surface area contributed by atoms with Gasteiger partial charge in [-0.05, 0) is 62.6 Å². The summed E-state index contributed by atoms with van der Waals surface area (Å²) in [5.74, 6) is -0.378. The molecule has 0 spiro atoms. The second-order valence-corrected chi connectivity index (χ2v) is 8.64. The Morgan fingerprint density at radius 3 is 2.52 bits per heavy atom. The minimum atomic E-state index is -3.77. The maximum absolute atomic E-state index is 12.7. The number of carbonyl (C=O) groups excluding carboxylic acids is 1. The van der Waals surface area contributed by atoms with E-state index in [9.17, 15) is 18.3 Å². The van der Waals surface area contributed by atoms with Gasteiger partial charge in [-0.1, -0.05) is 25.1 Å². The number of hydrogen-bond donors (Lipinski definition) is 3. The first-order valence-electron chi connectivity index (χ1n) is 8.75. The summed E-state index contributed by atoms with van der Waals surface area (Å²) in [7, 11) is -3.77. The SMILES string of the molecule is CC[C@@](C)(O)CNC(=O)c1cccc(NS(=O)(=O)c2cc(C)ccc2C)c1. The Morgan fingerprint density at radius 1 is 1.15 bits per heavy atom. The normalized spacial score (nSPS) is 13.7. The number of nitrogens with one attached hydrogen (secondary N) is 2. The van der Waals surface area contributed by atoms with Crippen LogP contribution in [0.3, 0.4) is 0 Å². The maximum Gasteiger partial charge on any atom is 0.262 e. The number of amides is 1. The van der Waals surface area contributed by atoms with Gasteiger partial charge in [0.1, 0.15) is 0 Å². The van der Waals surface area contributed by atoms with Gasteiger partial charge in [0.05, 0.1) is 10.5 Å². The molecule has 1 atom stereocenters. The van der Waals surface area contributed by atoms with Gasteiger partial charge in [0.25, 0.3) is 15.9 Å². The first-order valence-corrected chi connectivity index (χ1v) is 10.2. The largest absolute Gasteiger partial charge is 0.388 e. The van der Waals surface area contributed by atoms with E-state index in [1.54, 1.807) is 44.2 Å². The number of benzene rings is 2. The number of rotatable bonds is 7. The highest BCUT2D eigenvalue weighted by molar-refractivity contribution is 7.92. The summed E-state index contributed by atoms with van der Waals surface area (Å²) >= 11 is 0. The summed E-state index contributed by atoms with van der Waals surface area (Å²) in [5.41, 5.74) is 1.10. The molecule has 0 radical (unpaired) electrons. The van der Waals surface area contributed by atoms with Crippen molar-refractivity contribution < 1.29 is 18.3 Å². The van der Waals surface area contributed by atoms with E-state index in [1.165, 1.54) is 6.07 Å². The summed E-state index contributed by atoms with van der Waals surface area (Å²) in [5, 5.41) is 12.7. The monoisotopic (exact) mass is 390 g/mol. The predicted molar refractivity (Wildman–Crippen MR) is 106 cm³/mol. The highest BCUT2D eigenvalue weighted by atomic mass is 32.2. The van der Waals surface area contributed by atoms with Gasteiger partial charge in [0.15, 0.2) is 0 Å². The summed E-state index contributed by atoms with van der Waals surface area (Å²) in [4.78, 5) is 12.5. The smallest absolute Gasteiger partial charge is 0.262 e. The van der Waals surface area contributed by atoms with Crippen LogP contribution in [0, 0.1) is 13.8 Å². The topological polar surface area (TPSA) is 95.5 Å². The van der Waals surface area contributed by atoms with Crippen LogP contribution in [0.25, 0.3) is 0 Å². The molecule has 0 bridgehead atoms. The second kappa shape index (κ2) is 8.10. The van der Waals surface area contributed by atoms with Crippen LogP contribution >= 0.6 is 0 Å². The van der Waals surface area contributed by atoms with Gasteiger partial charge < -0.3 is 10.4 Å². The predicted octanol–water partition coefficient (Wildman–Crippen LogP) is 3.00. The third-order valence-corrected chi connectivity index (χ3v) is 5.92. The molecule has 2 aromatic carbocycles. The Morgan fingerprint density at radius 2 is 1.85 bits per heavy atom. The molecule has 27 heavy (non-hydrogen) atoms. The highest BCUT2D eigenvalue weighted by Crippen LogP contribution is 2.21. The van der Waals surface area contributed by atoms with Crippen molar-refractivity contribution in [2.75, 3.05) is 11.3 Å². The quantitative estimate of drug-likeness (QED) is 0.677. The molecule has 7 heteroatoms. The third-order valence-electron chi connectivity index (χ3n) is 4.40. The number of aliphatic hydroxyl groups is 1. The molecular formula is C20H26N2O4S. The lowest BCUT2D eigenvalue weighted by Crippen LogP contribution is -2.40. The standard InChI is InChI=1S/C20H26N2O4S/c1-5-20(4,24)13-21-19(23)16-7-6-8-17(12-16)22-27(25,26)18-11-14(2)9-10-15(18)3/h6-12,22,24H,5,13H2,1-4H3,(H,21,23)/t20-/m1/s1. The van der Waals surface area contributed by atoms with E-state index in [4.69, 9.17) is 0 Å². The molecule has 6 nitrogen and oxygen atoms in total. The average Bonchev–Trinajstić information content (AvgIpc) is 2.61. The van der Waals surface area contributed by atoms with Gasteiger partial charge in [-0.25, -0.2) is 8.42 Å². The Kier molecular flexibility index (Phi) is 6.28. The molecule has 2 rings (SSSR count). The molecule has 0 aliphatic heterocycles. The molecule has 2 aromatic rings. The van der Waals surface area contributed by atoms with Crippen LogP contribution in [0.4, 0.5) is 5.69 Å². The van der Waals surface area contributed by atoms with Crippen LogP contribution in [-0.2, 0) is 10.0 Å². The number of carbonyl (C=O) groups is 1. The summed E-state index contributed by atoms with van der Waals surface area (Å²) in [6, 6.07) is 11.5. The van der Waals surface area contributed by atoms with Crippen LogP contribution in [0.1, 0.15) is 41.8 Å². The molecule has 146 valence electrons. The zero-order valence-corrected chi connectivity index (χ0v) is 16.9. The van der Waals surface area contributed by atoms with Crippen LogP contribution in [-0.4, -0.2) is 31.6 Å². The van der Waals surface area contributed by atoms with E-state index in [1.807, 2.05) is 19.9 Å². The molecule has 0 unspecified atom stereocenters. The van der Waals surface area contributed by atoms with Crippen LogP contribution in [0.15, 0.2) is 47.4 Å². The third kappa shape index (κ3) is 5.55. The number of aryl methyl sites for hydroxylation is 2. The number of anilines is 1. The summed E-state index contributed by atoms with van der Waals surface area (Å²) in [6.45, 7) is 7.14. The zero-order valence-electron chi connectivity index (χ0n) is 16.0. The molecule has 0 saturated heterocycles. The van der Waals surface area contributed by atoms with Crippen molar-refractivity contribution in [1.29, 1.82) is 0 Å². The van der Waals surface area contributed by atoms with E-state index in [-0.39, 0.29) is 17.3 Å². The second-order valence-electron chi connectivity index (χ2n) is 6.99. The molecule has 0 aliphatic rings. The summed E-state index contributed by atoms with van der Waals surface area (Å²) < 4.78 is 27.9. The van der Waals surface area contributed by atoms with Crippen molar-refractivity contribution in [2.24, 2.45) is 0 Å². The average molecular weight is 391 g/mol. The first-order chi connectivity index (χ1) is 12.5. The zero-order chi connectivity index (χ0) is 20.2. The molecule has 1 amide bonds. The molecule has 3 N–H and O–H groups in total. The van der Waals surface area contributed by atoms with Crippen LogP contribution in [0.2, 0.25) is 0 Å². The van der Waals surface area contributed by atoms with Crippen molar-refractivity contribution in [3.63, 3.8) is 0 Å². The van der Waals surface area contributed by atoms with E-state index in [0.29, 0.717) is 23.2 Å². The Bertz CT molecular complexity index is 937. The van der Waals surface area contributed by atoms with Gasteiger partial charge in [0.2, 0.25) is 0 Å². The van der Waals surface area contributed by atoms with Crippen LogP contribution < -0.4 is 10.0 Å². The van der Waals surface area contributed by atoms with Gasteiger partial charge in [-0.3, -0.25) is 9.52 Å². The van der Waals surface area contributed by atoms with E-state index in [0.717, 1.165) is 5.56 Å². The van der Waals surface area contributed by atoms with Crippen LogP contribution in [0.5, 0.6) is 0 Å². The minimum absolute atomic E-state index is 0.112. The lowest BCUT2D eigenvalue weighted by atomic mass is 10.0. The molecular weight excluding hydrogens is 364 g/mol. The number of hydrogen-bond acceptors (Lipinski definition) is 4. The lowest BCUT2D eigenvalue weighted by molar-refractivity contribution is 0.0518. The van der Waals surface area contributed by atoms with Crippen molar-refractivity contribution in [2.45, 2.75) is 44.6 Å². The fourth-order valence-electron chi connectivity index (χ4n) is 2.43. The number of sulfonamides is 1. The van der Waals surface area contributed by atoms with Gasteiger partial charge >= 0.3 is 0 Å². The molecule has 0 aliphatic carbocycles. The minimum Gasteiger partial charge on any atom is -0.388 e. The molecule has 0 saturated carbocycles. The van der Waals surface area contributed by atoms with Crippen molar-refractivity contribution in [3.8, 4) is 0 Å². The maximum atomic E-state index is 12.7. The van der Waals surface area contributed by atoms with E-state index >= 15 is 0 Å². The molecule has 0 heterocycles. The Balaban J connectivity index is 2.20. The molecule has 0 fully saturated rings. The fraction of sp³-hybridized carbons (Fsp3) is 0.350. The van der Waals surface area contributed by atoms with Gasteiger partial charge in [0, 0.05) is 17.8 Å². The fourth-order valence-corrected chi connectivity index (χ4v) is 3.81. The first kappa shape index (κ1) is 20.9. The Labute approximate surface area is 160 Å². The van der Waals surface area contributed by atoms with Crippen molar-refractivity contribution >= 4 is 21.6 Å². The highest BCUT2D eigenvalue weighted by Gasteiger charge is 2.20. The van der Waals surface area contributed by atoms with E-state index < -0.39 is 15.6 Å². The van der Waals surface area contributed by atoms with Gasteiger partial charge in [-0.15, -0.1) is 0 Å². The Hall–Kier alpha value is -2.38. The van der Waals surface area contributed by atoms with Crippen molar-refractivity contribution in [1.82, 2.24) is 5.32 Å². The van der Waals surface area contributed by atoms with Crippen molar-refractivity contribution in [3.05, 3.63) is 59.2 Å². The lowest BCUT2D eigenvalue weighted by Gasteiger charge is -2.21.